The van der Waals surface area contributed by atoms with Crippen LogP contribution in [0.2, 0.25) is 0 Å². The second-order valence-corrected chi connectivity index (χ2v) is 4.05. The van der Waals surface area contributed by atoms with E-state index in [0.29, 0.717) is 32.7 Å². The molecular weight excluding hydrogens is 208 g/mol. The van der Waals surface area contributed by atoms with Crippen molar-refractivity contribution in [3.63, 3.8) is 0 Å². The average molecular weight is 228 g/mol. The molecule has 92 valence electrons. The Morgan fingerprint density at radius 3 is 3.06 bits per heavy atom. The van der Waals surface area contributed by atoms with E-state index in [1.165, 1.54) is 0 Å². The lowest BCUT2D eigenvalue weighted by atomic mass is 10.1. The van der Waals surface area contributed by atoms with E-state index in [1.54, 1.807) is 7.11 Å². The SMILES string of the molecule is COCCCNC(=O)CN1CCCC(=O)C1. The number of likely N-dealkylation sites (tertiary alicyclic amines) is 1. The molecule has 0 radical (unpaired) electrons. The van der Waals surface area contributed by atoms with Gasteiger partial charge in [-0.25, -0.2) is 0 Å². The van der Waals surface area contributed by atoms with E-state index in [0.717, 1.165) is 19.4 Å². The summed E-state index contributed by atoms with van der Waals surface area (Å²) in [5, 5.41) is 2.81. The zero-order valence-electron chi connectivity index (χ0n) is 9.83. The molecule has 0 aromatic carbocycles. The Bertz CT molecular complexity index is 243. The minimum atomic E-state index is -0.00852. The van der Waals surface area contributed by atoms with Gasteiger partial charge in [-0.2, -0.15) is 0 Å². The van der Waals surface area contributed by atoms with Crippen LogP contribution in [0.5, 0.6) is 0 Å². The maximum atomic E-state index is 11.5. The quantitative estimate of drug-likeness (QED) is 0.640. The summed E-state index contributed by atoms with van der Waals surface area (Å²) in [6, 6.07) is 0. The van der Waals surface area contributed by atoms with Crippen LogP contribution < -0.4 is 5.32 Å². The number of methoxy groups -OCH3 is 1. The molecule has 0 spiro atoms. The number of nitrogens with zero attached hydrogens (tertiary/aromatic N) is 1. The summed E-state index contributed by atoms with van der Waals surface area (Å²) >= 11 is 0. The van der Waals surface area contributed by atoms with Gasteiger partial charge < -0.3 is 10.1 Å². The van der Waals surface area contributed by atoms with Gasteiger partial charge in [0.1, 0.15) is 5.78 Å². The smallest absolute Gasteiger partial charge is 0.234 e. The van der Waals surface area contributed by atoms with Crippen molar-refractivity contribution in [3.05, 3.63) is 0 Å². The Morgan fingerprint density at radius 1 is 1.56 bits per heavy atom. The number of hydrogen-bond acceptors (Lipinski definition) is 4. The predicted octanol–water partition coefficient (Wildman–Crippen LogP) is -0.196. The fourth-order valence-corrected chi connectivity index (χ4v) is 1.75. The topological polar surface area (TPSA) is 58.6 Å². The molecule has 5 heteroatoms. The molecule has 1 amide bonds. The summed E-state index contributed by atoms with van der Waals surface area (Å²) in [5.41, 5.74) is 0. The second kappa shape index (κ2) is 7.35. The Labute approximate surface area is 96.1 Å². The molecule has 0 unspecified atom stereocenters. The van der Waals surface area contributed by atoms with Crippen LogP contribution in [-0.4, -0.2) is 56.5 Å². The highest BCUT2D eigenvalue weighted by Crippen LogP contribution is 2.04. The van der Waals surface area contributed by atoms with Crippen LogP contribution in [-0.2, 0) is 14.3 Å². The number of amides is 1. The van der Waals surface area contributed by atoms with E-state index < -0.39 is 0 Å². The van der Waals surface area contributed by atoms with E-state index in [4.69, 9.17) is 4.74 Å². The van der Waals surface area contributed by atoms with E-state index in [2.05, 4.69) is 5.32 Å². The molecule has 5 nitrogen and oxygen atoms in total. The minimum absolute atomic E-state index is 0.00852. The zero-order valence-corrected chi connectivity index (χ0v) is 9.83. The lowest BCUT2D eigenvalue weighted by Gasteiger charge is -2.24. The van der Waals surface area contributed by atoms with Crippen LogP contribution in [0.1, 0.15) is 19.3 Å². The molecule has 0 aliphatic carbocycles. The van der Waals surface area contributed by atoms with Gasteiger partial charge in [0.15, 0.2) is 0 Å². The van der Waals surface area contributed by atoms with Crippen LogP contribution in [0.3, 0.4) is 0 Å². The molecule has 0 bridgehead atoms. The van der Waals surface area contributed by atoms with Crippen molar-refractivity contribution in [1.82, 2.24) is 10.2 Å². The number of hydrogen-bond donors (Lipinski definition) is 1. The van der Waals surface area contributed by atoms with Crippen LogP contribution in [0.25, 0.3) is 0 Å². The Balaban J connectivity index is 2.10. The third-order valence-electron chi connectivity index (χ3n) is 2.54. The highest BCUT2D eigenvalue weighted by molar-refractivity contribution is 5.83. The summed E-state index contributed by atoms with van der Waals surface area (Å²) < 4.78 is 4.88. The van der Waals surface area contributed by atoms with Crippen LogP contribution in [0, 0.1) is 0 Å². The van der Waals surface area contributed by atoms with Crippen molar-refractivity contribution in [2.45, 2.75) is 19.3 Å². The monoisotopic (exact) mass is 228 g/mol. The molecule has 1 saturated heterocycles. The van der Waals surface area contributed by atoms with Gasteiger partial charge >= 0.3 is 0 Å². The molecule has 16 heavy (non-hydrogen) atoms. The van der Waals surface area contributed by atoms with Crippen molar-refractivity contribution in [2.75, 3.05) is 39.9 Å². The van der Waals surface area contributed by atoms with Gasteiger partial charge in [0.2, 0.25) is 5.91 Å². The molecule has 1 heterocycles. The molecule has 1 rings (SSSR count). The molecule has 0 aromatic rings. The van der Waals surface area contributed by atoms with Crippen molar-refractivity contribution in [1.29, 1.82) is 0 Å². The molecule has 1 N–H and O–H groups in total. The summed E-state index contributed by atoms with van der Waals surface area (Å²) in [6.07, 6.45) is 2.35. The highest BCUT2D eigenvalue weighted by Gasteiger charge is 2.18. The van der Waals surface area contributed by atoms with Crippen LogP contribution in [0.15, 0.2) is 0 Å². The molecular formula is C11H20N2O3. The minimum Gasteiger partial charge on any atom is -0.385 e. The molecule has 1 fully saturated rings. The Kier molecular flexibility index (Phi) is 6.03. The third kappa shape index (κ3) is 5.23. The zero-order chi connectivity index (χ0) is 11.8. The lowest BCUT2D eigenvalue weighted by Crippen LogP contribution is -2.43. The fraction of sp³-hybridized carbons (Fsp3) is 0.818. The normalized spacial score (nSPS) is 17.4. The predicted molar refractivity (Wildman–Crippen MR) is 60.2 cm³/mol. The highest BCUT2D eigenvalue weighted by atomic mass is 16.5. The van der Waals surface area contributed by atoms with Gasteiger partial charge in [-0.3, -0.25) is 14.5 Å². The lowest BCUT2D eigenvalue weighted by molar-refractivity contribution is -0.125. The summed E-state index contributed by atoms with van der Waals surface area (Å²) in [5.74, 6) is 0.226. The standard InChI is InChI=1S/C11H20N2O3/c1-16-7-3-5-12-11(15)9-13-6-2-4-10(14)8-13/h2-9H2,1H3,(H,12,15). The number of rotatable bonds is 6. The molecule has 1 aliphatic rings. The first-order valence-electron chi connectivity index (χ1n) is 5.72. The number of nitrogens with one attached hydrogen (secondary N) is 1. The number of ketones is 1. The summed E-state index contributed by atoms with van der Waals surface area (Å²) in [7, 11) is 1.64. The van der Waals surface area contributed by atoms with E-state index in [9.17, 15) is 9.59 Å². The summed E-state index contributed by atoms with van der Waals surface area (Å²) in [4.78, 5) is 24.5. The number of carbonyl (C=O) groups excluding carboxylic acids is 2. The molecule has 0 atom stereocenters. The largest absolute Gasteiger partial charge is 0.385 e. The van der Waals surface area contributed by atoms with Crippen molar-refractivity contribution in [2.24, 2.45) is 0 Å². The first kappa shape index (κ1) is 13.1. The van der Waals surface area contributed by atoms with Crippen LogP contribution >= 0.6 is 0 Å². The van der Waals surface area contributed by atoms with Gasteiger partial charge in [0.25, 0.3) is 0 Å². The van der Waals surface area contributed by atoms with Crippen molar-refractivity contribution < 1.29 is 14.3 Å². The number of ether oxygens (including phenoxy) is 1. The Morgan fingerprint density at radius 2 is 2.38 bits per heavy atom. The van der Waals surface area contributed by atoms with Gasteiger partial charge in [-0.1, -0.05) is 0 Å². The van der Waals surface area contributed by atoms with Crippen LogP contribution in [0.4, 0.5) is 0 Å². The molecule has 0 saturated carbocycles. The summed E-state index contributed by atoms with van der Waals surface area (Å²) in [6.45, 7) is 2.89. The first-order chi connectivity index (χ1) is 7.72. The fourth-order valence-electron chi connectivity index (χ4n) is 1.75. The van der Waals surface area contributed by atoms with Crippen molar-refractivity contribution >= 4 is 11.7 Å². The second-order valence-electron chi connectivity index (χ2n) is 4.05. The maximum Gasteiger partial charge on any atom is 0.234 e. The third-order valence-corrected chi connectivity index (χ3v) is 2.54. The average Bonchev–Trinajstić information content (AvgIpc) is 2.24. The van der Waals surface area contributed by atoms with Gasteiger partial charge in [0, 0.05) is 26.7 Å². The maximum absolute atomic E-state index is 11.5. The van der Waals surface area contributed by atoms with Gasteiger partial charge in [-0.15, -0.1) is 0 Å². The first-order valence-corrected chi connectivity index (χ1v) is 5.72. The number of piperidine rings is 1. The van der Waals surface area contributed by atoms with E-state index in [-0.39, 0.29) is 11.7 Å². The van der Waals surface area contributed by atoms with Crippen molar-refractivity contribution in [3.8, 4) is 0 Å². The van der Waals surface area contributed by atoms with E-state index >= 15 is 0 Å². The molecule has 0 aromatic heterocycles. The van der Waals surface area contributed by atoms with Gasteiger partial charge in [-0.05, 0) is 19.4 Å². The number of Topliss-reactive ketones (excluding diaryl/α,β-unsaturated/α-hetero) is 1. The number of carbonyl (C=O) groups is 2. The molecule has 1 aliphatic heterocycles. The van der Waals surface area contributed by atoms with Gasteiger partial charge in [0.05, 0.1) is 13.1 Å². The Hall–Kier alpha value is -0.940. The van der Waals surface area contributed by atoms with E-state index in [1.807, 2.05) is 4.90 Å².